The maximum Gasteiger partial charge on any atom is 0.307 e. The van der Waals surface area contributed by atoms with Gasteiger partial charge in [0.25, 0.3) is 0 Å². The fourth-order valence-electron chi connectivity index (χ4n) is 2.60. The van der Waals surface area contributed by atoms with Crippen LogP contribution in [0.2, 0.25) is 0 Å². The van der Waals surface area contributed by atoms with Crippen molar-refractivity contribution >= 4 is 33.5 Å². The summed E-state index contributed by atoms with van der Waals surface area (Å²) < 4.78 is 0.927. The van der Waals surface area contributed by atoms with Gasteiger partial charge in [-0.3, -0.25) is 9.59 Å². The maximum absolute atomic E-state index is 12.4. The topological polar surface area (TPSA) is 66.4 Å². The van der Waals surface area contributed by atoms with Crippen molar-refractivity contribution < 1.29 is 14.7 Å². The fraction of sp³-hybridized carbons (Fsp3) is 0.375. The largest absolute Gasteiger partial charge is 0.481 e. The highest BCUT2D eigenvalue weighted by Gasteiger charge is 2.37. The molecule has 0 heterocycles. The van der Waals surface area contributed by atoms with Gasteiger partial charge in [-0.2, -0.15) is 0 Å². The summed E-state index contributed by atoms with van der Waals surface area (Å²) in [6.45, 7) is 3.90. The number of amides is 1. The van der Waals surface area contributed by atoms with Gasteiger partial charge in [0, 0.05) is 10.2 Å². The van der Waals surface area contributed by atoms with Crippen molar-refractivity contribution in [2.75, 3.05) is 5.32 Å². The van der Waals surface area contributed by atoms with Crippen LogP contribution in [0, 0.1) is 11.8 Å². The number of hydrogen-bond donors (Lipinski definition) is 2. The van der Waals surface area contributed by atoms with Gasteiger partial charge >= 0.3 is 5.97 Å². The van der Waals surface area contributed by atoms with Crippen molar-refractivity contribution in [2.45, 2.75) is 26.7 Å². The number of aliphatic carboxylic acids is 1. The molecule has 1 aliphatic carbocycles. The Morgan fingerprint density at radius 3 is 2.14 bits per heavy atom. The van der Waals surface area contributed by atoms with E-state index >= 15 is 0 Å². The zero-order valence-corrected chi connectivity index (χ0v) is 13.6. The molecule has 5 heteroatoms. The Hall–Kier alpha value is -1.62. The van der Waals surface area contributed by atoms with Crippen LogP contribution >= 0.6 is 15.9 Å². The van der Waals surface area contributed by atoms with Gasteiger partial charge in [0.15, 0.2) is 0 Å². The Bertz CT molecular complexity index is 592. The monoisotopic (exact) mass is 351 g/mol. The molecule has 0 spiro atoms. The van der Waals surface area contributed by atoms with Gasteiger partial charge in [0.05, 0.1) is 11.8 Å². The molecule has 21 heavy (non-hydrogen) atoms. The Morgan fingerprint density at radius 2 is 1.62 bits per heavy atom. The quantitative estimate of drug-likeness (QED) is 0.813. The molecule has 0 fully saturated rings. The molecular weight excluding hydrogens is 334 g/mol. The molecule has 2 rings (SSSR count). The van der Waals surface area contributed by atoms with Crippen LogP contribution in [0.15, 0.2) is 39.9 Å². The lowest BCUT2D eigenvalue weighted by atomic mass is 9.76. The van der Waals surface area contributed by atoms with Gasteiger partial charge < -0.3 is 10.4 Å². The van der Waals surface area contributed by atoms with Gasteiger partial charge in [-0.15, -0.1) is 0 Å². The molecule has 0 saturated heterocycles. The van der Waals surface area contributed by atoms with Gasteiger partial charge in [0.1, 0.15) is 0 Å². The molecule has 0 bridgehead atoms. The van der Waals surface area contributed by atoms with E-state index in [0.29, 0.717) is 18.5 Å². The molecule has 0 saturated carbocycles. The third kappa shape index (κ3) is 3.73. The lowest BCUT2D eigenvalue weighted by Crippen LogP contribution is -2.36. The number of carboxylic acid groups (broad SMARTS) is 1. The first kappa shape index (κ1) is 15.8. The van der Waals surface area contributed by atoms with E-state index < -0.39 is 17.8 Å². The van der Waals surface area contributed by atoms with Crippen LogP contribution in [0.25, 0.3) is 0 Å². The van der Waals surface area contributed by atoms with Crippen LogP contribution in [0.3, 0.4) is 0 Å². The molecule has 0 aliphatic heterocycles. The van der Waals surface area contributed by atoms with E-state index in [0.717, 1.165) is 15.6 Å². The molecule has 2 N–H and O–H groups in total. The molecule has 0 unspecified atom stereocenters. The van der Waals surface area contributed by atoms with Crippen LogP contribution in [-0.4, -0.2) is 17.0 Å². The van der Waals surface area contributed by atoms with Crippen molar-refractivity contribution in [1.82, 2.24) is 0 Å². The van der Waals surface area contributed by atoms with Gasteiger partial charge in [-0.25, -0.2) is 0 Å². The van der Waals surface area contributed by atoms with Crippen LogP contribution in [0.1, 0.15) is 26.7 Å². The fourth-order valence-corrected chi connectivity index (χ4v) is 2.86. The van der Waals surface area contributed by atoms with Gasteiger partial charge in [0.2, 0.25) is 5.91 Å². The SMILES string of the molecule is CC1=C(C)C[C@@H](C(=O)Nc2ccc(Br)cc2)[C@H](C(=O)O)C1. The Balaban J connectivity index is 2.16. The Labute approximate surface area is 132 Å². The van der Waals surface area contributed by atoms with Crippen molar-refractivity contribution in [3.63, 3.8) is 0 Å². The standard InChI is InChI=1S/C16H18BrNO3/c1-9-7-13(14(16(20)21)8-10(9)2)15(19)18-12-5-3-11(17)4-6-12/h3-6,13-14H,7-8H2,1-2H3,(H,18,19)(H,20,21)/t13-,14-/m1/s1. The number of benzene rings is 1. The number of carbonyl (C=O) groups excluding carboxylic acids is 1. The maximum atomic E-state index is 12.4. The molecule has 4 nitrogen and oxygen atoms in total. The highest BCUT2D eigenvalue weighted by atomic mass is 79.9. The lowest BCUT2D eigenvalue weighted by Gasteiger charge is -2.29. The number of nitrogens with one attached hydrogen (secondary N) is 1. The molecule has 1 aliphatic rings. The van der Waals surface area contributed by atoms with Crippen LogP contribution in [0.5, 0.6) is 0 Å². The molecule has 1 aromatic carbocycles. The molecule has 0 aromatic heterocycles. The number of anilines is 1. The van der Waals surface area contributed by atoms with E-state index in [-0.39, 0.29) is 5.91 Å². The zero-order chi connectivity index (χ0) is 15.6. The molecule has 1 amide bonds. The van der Waals surface area contributed by atoms with E-state index in [2.05, 4.69) is 21.2 Å². The van der Waals surface area contributed by atoms with Crippen molar-refractivity contribution in [2.24, 2.45) is 11.8 Å². The zero-order valence-electron chi connectivity index (χ0n) is 12.0. The number of carboxylic acids is 1. The second-order valence-corrected chi connectivity index (χ2v) is 6.43. The van der Waals surface area contributed by atoms with E-state index in [1.54, 1.807) is 12.1 Å². The summed E-state index contributed by atoms with van der Waals surface area (Å²) in [6.07, 6.45) is 0.949. The van der Waals surface area contributed by atoms with E-state index in [1.165, 1.54) is 0 Å². The van der Waals surface area contributed by atoms with E-state index in [9.17, 15) is 14.7 Å². The molecule has 112 valence electrons. The predicted octanol–water partition coefficient (Wildman–Crippen LogP) is 3.83. The average Bonchev–Trinajstić information content (AvgIpc) is 2.43. The summed E-state index contributed by atoms with van der Waals surface area (Å²) in [4.78, 5) is 23.8. The molecule has 1 aromatic rings. The summed E-state index contributed by atoms with van der Waals surface area (Å²) in [6, 6.07) is 7.24. The second-order valence-electron chi connectivity index (χ2n) is 5.52. The summed E-state index contributed by atoms with van der Waals surface area (Å²) in [5.41, 5.74) is 2.87. The summed E-state index contributed by atoms with van der Waals surface area (Å²) >= 11 is 3.33. The minimum absolute atomic E-state index is 0.225. The normalized spacial score (nSPS) is 22.0. The summed E-state index contributed by atoms with van der Waals surface area (Å²) in [5, 5.41) is 12.2. The summed E-state index contributed by atoms with van der Waals surface area (Å²) in [5.74, 6) is -2.30. The van der Waals surface area contributed by atoms with E-state index in [4.69, 9.17) is 0 Å². The molecule has 2 atom stereocenters. The highest BCUT2D eigenvalue weighted by molar-refractivity contribution is 9.10. The third-order valence-corrected chi connectivity index (χ3v) is 4.56. The number of halogens is 1. The van der Waals surface area contributed by atoms with Crippen LogP contribution in [-0.2, 0) is 9.59 Å². The number of allylic oxidation sites excluding steroid dienone is 2. The van der Waals surface area contributed by atoms with Crippen LogP contribution in [0.4, 0.5) is 5.69 Å². The van der Waals surface area contributed by atoms with Crippen molar-refractivity contribution in [1.29, 1.82) is 0 Å². The molecule has 0 radical (unpaired) electrons. The smallest absolute Gasteiger partial charge is 0.307 e. The number of hydrogen-bond acceptors (Lipinski definition) is 2. The Kier molecular flexibility index (Phi) is 4.83. The Morgan fingerprint density at radius 1 is 1.10 bits per heavy atom. The molecular formula is C16H18BrNO3. The van der Waals surface area contributed by atoms with Crippen LogP contribution < -0.4 is 5.32 Å². The highest BCUT2D eigenvalue weighted by Crippen LogP contribution is 2.35. The average molecular weight is 352 g/mol. The lowest BCUT2D eigenvalue weighted by molar-refractivity contribution is -0.146. The number of rotatable bonds is 3. The minimum atomic E-state index is -0.905. The van der Waals surface area contributed by atoms with Crippen molar-refractivity contribution in [3.05, 3.63) is 39.9 Å². The minimum Gasteiger partial charge on any atom is -0.481 e. The first-order valence-corrected chi connectivity index (χ1v) is 7.62. The van der Waals surface area contributed by atoms with E-state index in [1.807, 2.05) is 26.0 Å². The first-order chi connectivity index (χ1) is 9.88. The summed E-state index contributed by atoms with van der Waals surface area (Å²) in [7, 11) is 0. The van der Waals surface area contributed by atoms with Gasteiger partial charge in [-0.05, 0) is 51.0 Å². The number of carbonyl (C=O) groups is 2. The second kappa shape index (κ2) is 6.43. The first-order valence-electron chi connectivity index (χ1n) is 6.83. The van der Waals surface area contributed by atoms with Crippen molar-refractivity contribution in [3.8, 4) is 0 Å². The third-order valence-electron chi connectivity index (χ3n) is 4.03. The predicted molar refractivity (Wildman–Crippen MR) is 85.0 cm³/mol. The van der Waals surface area contributed by atoms with Gasteiger partial charge in [-0.1, -0.05) is 27.1 Å².